The molecule has 0 aromatic rings. The van der Waals surface area contributed by atoms with Crippen molar-refractivity contribution in [2.75, 3.05) is 0 Å². The van der Waals surface area contributed by atoms with E-state index >= 15 is 0 Å². The number of rotatable bonds is 2. The van der Waals surface area contributed by atoms with Crippen LogP contribution in [0, 0.1) is 5.92 Å². The Morgan fingerprint density at radius 3 is 2.76 bits per heavy atom. The van der Waals surface area contributed by atoms with E-state index in [1.54, 1.807) is 0 Å². The second-order valence-electron chi connectivity index (χ2n) is 5.60. The molecule has 4 nitrogen and oxygen atoms in total. The van der Waals surface area contributed by atoms with Crippen LogP contribution in [-0.2, 0) is 14.3 Å². The molecule has 0 spiro atoms. The lowest BCUT2D eigenvalue weighted by atomic mass is 9.89. The van der Waals surface area contributed by atoms with Gasteiger partial charge in [0.05, 0.1) is 24.2 Å². The standard InChI is InChI=1S/C13H20O4/c14-9-2-1-3-10(7-9)16-13(15)8-4-5-11-12(6-8)17-11/h8-12,14H,1-7H2. The maximum Gasteiger partial charge on any atom is 0.309 e. The normalized spacial score (nSPS) is 44.9. The summed E-state index contributed by atoms with van der Waals surface area (Å²) in [6.45, 7) is 0. The maximum atomic E-state index is 12.0. The van der Waals surface area contributed by atoms with E-state index in [1.807, 2.05) is 0 Å². The van der Waals surface area contributed by atoms with E-state index in [2.05, 4.69) is 0 Å². The lowest BCUT2D eigenvalue weighted by molar-refractivity contribution is -0.158. The van der Waals surface area contributed by atoms with Crippen LogP contribution in [-0.4, -0.2) is 35.5 Å². The first-order valence-electron chi connectivity index (χ1n) is 6.76. The van der Waals surface area contributed by atoms with Gasteiger partial charge < -0.3 is 14.6 Å². The van der Waals surface area contributed by atoms with Crippen LogP contribution in [0.15, 0.2) is 0 Å². The van der Waals surface area contributed by atoms with Gasteiger partial charge in [-0.3, -0.25) is 4.79 Å². The van der Waals surface area contributed by atoms with Gasteiger partial charge in [0.2, 0.25) is 0 Å². The Morgan fingerprint density at radius 1 is 1.12 bits per heavy atom. The second-order valence-corrected chi connectivity index (χ2v) is 5.60. The molecule has 1 N–H and O–H groups in total. The zero-order valence-corrected chi connectivity index (χ0v) is 10.0. The molecule has 2 aliphatic carbocycles. The van der Waals surface area contributed by atoms with E-state index in [-0.39, 0.29) is 24.1 Å². The molecule has 0 aromatic heterocycles. The Hall–Kier alpha value is -0.610. The molecule has 0 amide bonds. The molecule has 5 atom stereocenters. The number of hydrogen-bond donors (Lipinski definition) is 1. The number of hydrogen-bond acceptors (Lipinski definition) is 4. The molecule has 3 fully saturated rings. The van der Waals surface area contributed by atoms with E-state index in [1.165, 1.54) is 0 Å². The molecule has 0 bridgehead atoms. The van der Waals surface area contributed by atoms with Gasteiger partial charge in [0.15, 0.2) is 0 Å². The van der Waals surface area contributed by atoms with Crippen molar-refractivity contribution < 1.29 is 19.4 Å². The van der Waals surface area contributed by atoms with Gasteiger partial charge in [0.25, 0.3) is 0 Å². The van der Waals surface area contributed by atoms with Crippen molar-refractivity contribution in [1.29, 1.82) is 0 Å². The molecule has 0 aromatic carbocycles. The SMILES string of the molecule is O=C(OC1CCCC(O)C1)C1CCC2OC2C1. The lowest BCUT2D eigenvalue weighted by Gasteiger charge is -2.27. The fourth-order valence-corrected chi connectivity index (χ4v) is 3.11. The summed E-state index contributed by atoms with van der Waals surface area (Å²) in [4.78, 5) is 12.0. The van der Waals surface area contributed by atoms with Crippen LogP contribution < -0.4 is 0 Å². The van der Waals surface area contributed by atoms with Gasteiger partial charge in [-0.2, -0.15) is 0 Å². The number of aliphatic hydroxyl groups excluding tert-OH is 1. The zero-order valence-electron chi connectivity index (χ0n) is 10.0. The third-order valence-electron chi connectivity index (χ3n) is 4.22. The predicted octanol–water partition coefficient (Wildman–Crippen LogP) is 1.40. The predicted molar refractivity (Wildman–Crippen MR) is 60.4 cm³/mol. The number of epoxide rings is 1. The van der Waals surface area contributed by atoms with Gasteiger partial charge in [0, 0.05) is 6.42 Å². The van der Waals surface area contributed by atoms with Crippen LogP contribution in [0.4, 0.5) is 0 Å². The van der Waals surface area contributed by atoms with Crippen LogP contribution in [0.25, 0.3) is 0 Å². The van der Waals surface area contributed by atoms with Crippen molar-refractivity contribution in [3.8, 4) is 0 Å². The molecule has 96 valence electrons. The quantitative estimate of drug-likeness (QED) is 0.585. The fraction of sp³-hybridized carbons (Fsp3) is 0.923. The molecular weight excluding hydrogens is 220 g/mol. The second kappa shape index (κ2) is 4.58. The van der Waals surface area contributed by atoms with Crippen molar-refractivity contribution in [2.24, 2.45) is 5.92 Å². The van der Waals surface area contributed by atoms with Crippen molar-refractivity contribution in [3.63, 3.8) is 0 Å². The van der Waals surface area contributed by atoms with Crippen molar-refractivity contribution in [1.82, 2.24) is 0 Å². The average molecular weight is 240 g/mol. The van der Waals surface area contributed by atoms with Crippen molar-refractivity contribution >= 4 is 5.97 Å². The zero-order chi connectivity index (χ0) is 11.8. The topological polar surface area (TPSA) is 59.1 Å². The van der Waals surface area contributed by atoms with Crippen LogP contribution >= 0.6 is 0 Å². The number of ether oxygens (including phenoxy) is 2. The lowest BCUT2D eigenvalue weighted by Crippen LogP contribution is -2.32. The number of aliphatic hydroxyl groups is 1. The van der Waals surface area contributed by atoms with Crippen LogP contribution in [0.3, 0.4) is 0 Å². The van der Waals surface area contributed by atoms with Crippen molar-refractivity contribution in [2.45, 2.75) is 69.4 Å². The molecule has 5 unspecified atom stereocenters. The Balaban J connectivity index is 1.48. The minimum atomic E-state index is -0.288. The van der Waals surface area contributed by atoms with Crippen LogP contribution in [0.5, 0.6) is 0 Å². The molecule has 0 radical (unpaired) electrons. The molecule has 3 rings (SSSR count). The molecule has 2 saturated carbocycles. The van der Waals surface area contributed by atoms with E-state index in [4.69, 9.17) is 9.47 Å². The maximum absolute atomic E-state index is 12.0. The molecule has 17 heavy (non-hydrogen) atoms. The summed E-state index contributed by atoms with van der Waals surface area (Å²) in [5.74, 6) is -0.0455. The first-order valence-corrected chi connectivity index (χ1v) is 6.76. The van der Waals surface area contributed by atoms with E-state index in [0.29, 0.717) is 18.6 Å². The third kappa shape index (κ3) is 2.63. The Morgan fingerprint density at radius 2 is 2.00 bits per heavy atom. The molecule has 4 heteroatoms. The highest BCUT2D eigenvalue weighted by Crippen LogP contribution is 2.40. The minimum Gasteiger partial charge on any atom is -0.462 e. The summed E-state index contributed by atoms with van der Waals surface area (Å²) in [6.07, 6.45) is 6.43. The largest absolute Gasteiger partial charge is 0.462 e. The minimum absolute atomic E-state index is 0.0258. The van der Waals surface area contributed by atoms with Crippen molar-refractivity contribution in [3.05, 3.63) is 0 Å². The summed E-state index contributed by atoms with van der Waals surface area (Å²) in [5.41, 5.74) is 0. The van der Waals surface area contributed by atoms with Gasteiger partial charge in [-0.25, -0.2) is 0 Å². The number of carbonyl (C=O) groups excluding carboxylic acids is 1. The summed E-state index contributed by atoms with van der Waals surface area (Å²) in [6, 6.07) is 0. The third-order valence-corrected chi connectivity index (χ3v) is 4.22. The Kier molecular flexibility index (Phi) is 3.09. The number of carbonyl (C=O) groups is 1. The molecule has 1 aliphatic heterocycles. The Labute approximate surface area is 101 Å². The fourth-order valence-electron chi connectivity index (χ4n) is 3.11. The summed E-state index contributed by atoms with van der Waals surface area (Å²) in [7, 11) is 0. The van der Waals surface area contributed by atoms with Gasteiger partial charge in [-0.1, -0.05) is 0 Å². The molecule has 3 aliphatic rings. The van der Waals surface area contributed by atoms with E-state index in [9.17, 15) is 9.90 Å². The summed E-state index contributed by atoms with van der Waals surface area (Å²) >= 11 is 0. The number of esters is 1. The van der Waals surface area contributed by atoms with E-state index in [0.717, 1.165) is 38.5 Å². The van der Waals surface area contributed by atoms with E-state index < -0.39 is 0 Å². The van der Waals surface area contributed by atoms with Crippen LogP contribution in [0.1, 0.15) is 44.9 Å². The molecule has 1 saturated heterocycles. The van der Waals surface area contributed by atoms with Gasteiger partial charge in [-0.15, -0.1) is 0 Å². The highest BCUT2D eigenvalue weighted by Gasteiger charge is 2.46. The smallest absolute Gasteiger partial charge is 0.309 e. The highest BCUT2D eigenvalue weighted by atomic mass is 16.6. The first kappa shape index (κ1) is 11.5. The Bertz CT molecular complexity index is 304. The van der Waals surface area contributed by atoms with Gasteiger partial charge in [-0.05, 0) is 38.5 Å². The first-order chi connectivity index (χ1) is 8.22. The highest BCUT2D eigenvalue weighted by molar-refractivity contribution is 5.73. The molecule has 1 heterocycles. The van der Waals surface area contributed by atoms with Gasteiger partial charge in [0.1, 0.15) is 6.10 Å². The number of fused-ring (bicyclic) bond motifs is 1. The average Bonchev–Trinajstić information content (AvgIpc) is 3.06. The summed E-state index contributed by atoms with van der Waals surface area (Å²) < 4.78 is 10.9. The molecular formula is C13H20O4. The van der Waals surface area contributed by atoms with Gasteiger partial charge >= 0.3 is 5.97 Å². The monoisotopic (exact) mass is 240 g/mol. The summed E-state index contributed by atoms with van der Waals surface area (Å²) in [5, 5.41) is 9.54. The van der Waals surface area contributed by atoms with Crippen LogP contribution in [0.2, 0.25) is 0 Å².